The largest absolute Gasteiger partial charge is 0.494 e. The van der Waals surface area contributed by atoms with E-state index in [-0.39, 0.29) is 5.92 Å². The summed E-state index contributed by atoms with van der Waals surface area (Å²) < 4.78 is 5.58. The van der Waals surface area contributed by atoms with Crippen LogP contribution < -0.4 is 4.74 Å². The molecular weight excluding hydrogens is 384 g/mol. The average Bonchev–Trinajstić information content (AvgIpc) is 2.71. The minimum absolute atomic E-state index is 0.00214. The first-order valence-electron chi connectivity index (χ1n) is 9.64. The predicted octanol–water partition coefficient (Wildman–Crippen LogP) is 6.15. The van der Waals surface area contributed by atoms with E-state index in [2.05, 4.69) is 29.2 Å². The summed E-state index contributed by atoms with van der Waals surface area (Å²) in [4.78, 5) is 4.24. The molecule has 0 radical (unpaired) electrons. The van der Waals surface area contributed by atoms with Crippen molar-refractivity contribution in [2.75, 3.05) is 6.61 Å². The van der Waals surface area contributed by atoms with E-state index in [1.165, 1.54) is 0 Å². The molecule has 150 valence electrons. The monoisotopic (exact) mass is 408 g/mol. The molecule has 3 rings (SSSR count). The maximum Gasteiger partial charge on any atom is 0.119 e. The van der Waals surface area contributed by atoms with Gasteiger partial charge in [-0.25, -0.2) is 0 Å². The lowest BCUT2D eigenvalue weighted by molar-refractivity contribution is 0.317. The summed E-state index contributed by atoms with van der Waals surface area (Å²) in [6.45, 7) is 6.57. The van der Waals surface area contributed by atoms with Gasteiger partial charge in [0.25, 0.3) is 0 Å². The summed E-state index contributed by atoms with van der Waals surface area (Å²) >= 11 is 6.18. The van der Waals surface area contributed by atoms with Crippen LogP contribution in [0.5, 0.6) is 5.75 Å². The molecule has 3 aromatic rings. The first kappa shape index (κ1) is 20.9. The van der Waals surface area contributed by atoms with Crippen molar-refractivity contribution in [1.82, 2.24) is 4.98 Å². The topological polar surface area (TPSA) is 54.7 Å². The number of oxime groups is 1. The standard InChI is InChI=1S/C24H25ClN2O2/c1-4-29-21-8-5-18(6-9-21)23(22-10-7-20(25)13-16(22)2)15-24(27-28)19-11-12-26-17(3)14-19/h5-14,23,28H,4,15H2,1-3H3. The lowest BCUT2D eigenvalue weighted by Gasteiger charge is -2.21. The van der Waals surface area contributed by atoms with Gasteiger partial charge >= 0.3 is 0 Å². The summed E-state index contributed by atoms with van der Waals surface area (Å²) in [6.07, 6.45) is 2.27. The highest BCUT2D eigenvalue weighted by molar-refractivity contribution is 6.30. The van der Waals surface area contributed by atoms with Gasteiger partial charge in [0.15, 0.2) is 0 Å². The minimum Gasteiger partial charge on any atom is -0.494 e. The third-order valence-corrected chi connectivity index (χ3v) is 5.18. The van der Waals surface area contributed by atoms with Crippen LogP contribution in [0.1, 0.15) is 47.2 Å². The van der Waals surface area contributed by atoms with Crippen molar-refractivity contribution in [2.45, 2.75) is 33.1 Å². The molecule has 0 aliphatic carbocycles. The molecule has 1 N–H and O–H groups in total. The fourth-order valence-electron chi connectivity index (χ4n) is 3.54. The van der Waals surface area contributed by atoms with E-state index >= 15 is 0 Å². The molecule has 5 heteroatoms. The van der Waals surface area contributed by atoms with Gasteiger partial charge in [0.05, 0.1) is 12.3 Å². The third-order valence-electron chi connectivity index (χ3n) is 4.95. The zero-order valence-corrected chi connectivity index (χ0v) is 17.6. The van der Waals surface area contributed by atoms with E-state index in [9.17, 15) is 5.21 Å². The molecule has 1 heterocycles. The Morgan fingerprint density at radius 2 is 1.86 bits per heavy atom. The number of ether oxygens (including phenoxy) is 1. The van der Waals surface area contributed by atoms with Crippen LogP contribution in [0.2, 0.25) is 5.02 Å². The van der Waals surface area contributed by atoms with Crippen molar-refractivity contribution in [3.05, 3.63) is 93.8 Å². The number of benzene rings is 2. The van der Waals surface area contributed by atoms with Gasteiger partial charge in [-0.3, -0.25) is 4.98 Å². The Morgan fingerprint density at radius 1 is 1.10 bits per heavy atom. The lowest BCUT2D eigenvalue weighted by Crippen LogP contribution is -2.12. The molecule has 0 amide bonds. The smallest absolute Gasteiger partial charge is 0.119 e. The number of pyridine rings is 1. The van der Waals surface area contributed by atoms with E-state index in [1.807, 2.05) is 56.3 Å². The van der Waals surface area contributed by atoms with Crippen molar-refractivity contribution >= 4 is 17.3 Å². The van der Waals surface area contributed by atoms with Crippen LogP contribution in [0.15, 0.2) is 65.9 Å². The maximum absolute atomic E-state index is 9.77. The molecule has 0 spiro atoms. The van der Waals surface area contributed by atoms with E-state index in [4.69, 9.17) is 16.3 Å². The first-order valence-corrected chi connectivity index (χ1v) is 10.0. The molecule has 1 aromatic heterocycles. The summed E-state index contributed by atoms with van der Waals surface area (Å²) in [7, 11) is 0. The Morgan fingerprint density at radius 3 is 2.48 bits per heavy atom. The van der Waals surface area contributed by atoms with E-state index in [0.717, 1.165) is 33.7 Å². The zero-order chi connectivity index (χ0) is 20.8. The van der Waals surface area contributed by atoms with Gasteiger partial charge in [0.2, 0.25) is 0 Å². The van der Waals surface area contributed by atoms with Crippen LogP contribution in [0.4, 0.5) is 0 Å². The van der Waals surface area contributed by atoms with E-state index < -0.39 is 0 Å². The van der Waals surface area contributed by atoms with Crippen LogP contribution in [0, 0.1) is 13.8 Å². The molecule has 2 aromatic carbocycles. The molecule has 1 atom stereocenters. The Hall–Kier alpha value is -2.85. The van der Waals surface area contributed by atoms with Crippen LogP contribution in [-0.4, -0.2) is 22.5 Å². The van der Waals surface area contributed by atoms with Crippen molar-refractivity contribution in [2.24, 2.45) is 5.16 Å². The molecule has 0 aliphatic heterocycles. The predicted molar refractivity (Wildman–Crippen MR) is 118 cm³/mol. The van der Waals surface area contributed by atoms with Crippen molar-refractivity contribution in [1.29, 1.82) is 0 Å². The summed E-state index contributed by atoms with van der Waals surface area (Å²) in [5.41, 5.74) is 5.71. The number of rotatable bonds is 7. The van der Waals surface area contributed by atoms with Gasteiger partial charge in [0.1, 0.15) is 5.75 Å². The highest BCUT2D eigenvalue weighted by atomic mass is 35.5. The number of hydrogen-bond acceptors (Lipinski definition) is 4. The Kier molecular flexibility index (Phi) is 6.89. The van der Waals surface area contributed by atoms with Crippen LogP contribution in [0.25, 0.3) is 0 Å². The molecule has 1 unspecified atom stereocenters. The lowest BCUT2D eigenvalue weighted by atomic mass is 9.83. The molecule has 0 saturated heterocycles. The van der Waals surface area contributed by atoms with Crippen molar-refractivity contribution in [3.63, 3.8) is 0 Å². The summed E-state index contributed by atoms with van der Waals surface area (Å²) in [5, 5.41) is 14.1. The Labute approximate surface area is 176 Å². The van der Waals surface area contributed by atoms with Crippen molar-refractivity contribution < 1.29 is 9.94 Å². The second kappa shape index (κ2) is 9.57. The van der Waals surface area contributed by atoms with Crippen LogP contribution in [-0.2, 0) is 0 Å². The number of nitrogens with zero attached hydrogens (tertiary/aromatic N) is 2. The first-order chi connectivity index (χ1) is 14.0. The highest BCUT2D eigenvalue weighted by Gasteiger charge is 2.21. The normalized spacial score (nSPS) is 12.6. The molecule has 0 bridgehead atoms. The fraction of sp³-hybridized carbons (Fsp3) is 0.250. The number of halogens is 1. The fourth-order valence-corrected chi connectivity index (χ4v) is 3.76. The second-order valence-electron chi connectivity index (χ2n) is 6.99. The van der Waals surface area contributed by atoms with Gasteiger partial charge < -0.3 is 9.94 Å². The molecule has 0 aliphatic rings. The minimum atomic E-state index is 0.00214. The van der Waals surface area contributed by atoms with Gasteiger partial charge in [-0.2, -0.15) is 0 Å². The average molecular weight is 409 g/mol. The van der Waals surface area contributed by atoms with Gasteiger partial charge in [-0.1, -0.05) is 35.0 Å². The number of hydrogen-bond donors (Lipinski definition) is 1. The maximum atomic E-state index is 9.77. The molecule has 4 nitrogen and oxygen atoms in total. The van der Waals surface area contributed by atoms with Crippen LogP contribution >= 0.6 is 11.6 Å². The number of aryl methyl sites for hydroxylation is 2. The number of aromatic nitrogens is 1. The van der Waals surface area contributed by atoms with Gasteiger partial charge in [0, 0.05) is 34.8 Å². The molecule has 0 fully saturated rings. The van der Waals surface area contributed by atoms with E-state index in [1.54, 1.807) is 6.20 Å². The summed E-state index contributed by atoms with van der Waals surface area (Å²) in [5.74, 6) is 0.839. The zero-order valence-electron chi connectivity index (χ0n) is 16.9. The Bertz CT molecular complexity index is 1000. The molecular formula is C24H25ClN2O2. The second-order valence-corrected chi connectivity index (χ2v) is 7.43. The Balaban J connectivity index is 2.02. The highest BCUT2D eigenvalue weighted by Crippen LogP contribution is 2.34. The van der Waals surface area contributed by atoms with Gasteiger partial charge in [-0.05, 0) is 73.9 Å². The quantitative estimate of drug-likeness (QED) is 0.289. The van der Waals surface area contributed by atoms with Gasteiger partial charge in [-0.15, -0.1) is 0 Å². The van der Waals surface area contributed by atoms with Crippen molar-refractivity contribution in [3.8, 4) is 5.75 Å². The summed E-state index contributed by atoms with van der Waals surface area (Å²) in [6, 6.07) is 17.8. The molecule has 29 heavy (non-hydrogen) atoms. The SMILES string of the molecule is CCOc1ccc(C(CC(=NO)c2ccnc(C)c2)c2ccc(Cl)cc2C)cc1. The van der Waals surface area contributed by atoms with E-state index in [0.29, 0.717) is 23.8 Å². The molecule has 0 saturated carbocycles. The van der Waals surface area contributed by atoms with Crippen LogP contribution in [0.3, 0.4) is 0 Å². The third kappa shape index (κ3) is 5.15.